The van der Waals surface area contributed by atoms with Crippen molar-refractivity contribution in [2.24, 2.45) is 17.6 Å². The summed E-state index contributed by atoms with van der Waals surface area (Å²) in [5.74, 6) is -0.947. The molecule has 0 aliphatic rings. The van der Waals surface area contributed by atoms with Gasteiger partial charge < -0.3 is 30.6 Å². The second-order valence-electron chi connectivity index (χ2n) is 13.9. The Labute approximate surface area is 327 Å². The molecule has 3 aromatic carbocycles. The number of hydrogen-bond acceptors (Lipinski definition) is 9. The van der Waals surface area contributed by atoms with Crippen molar-refractivity contribution in [3.63, 3.8) is 0 Å². The number of ether oxygens (including phenoxy) is 3. The summed E-state index contributed by atoms with van der Waals surface area (Å²) in [6, 6.07) is 18.5. The van der Waals surface area contributed by atoms with E-state index in [1.165, 1.54) is 12.2 Å². The molecule has 0 bridgehead atoms. The Bertz CT molecular complexity index is 1880. The largest absolute Gasteiger partial charge is 0.497 e. The summed E-state index contributed by atoms with van der Waals surface area (Å²) < 4.78 is 17.3. The Morgan fingerprint density at radius 3 is 2.18 bits per heavy atom. The molecule has 0 fully saturated rings. The second-order valence-corrected chi connectivity index (χ2v) is 14.8. The molecule has 4 N–H and O–H groups in total. The Balaban J connectivity index is 1.61. The molecule has 0 aliphatic carbocycles. The number of hydrogen-bond donors (Lipinski definition) is 3. The fourth-order valence-electron chi connectivity index (χ4n) is 6.21. The van der Waals surface area contributed by atoms with Crippen molar-refractivity contribution in [2.45, 2.75) is 84.5 Å². The van der Waals surface area contributed by atoms with Crippen LogP contribution in [0, 0.1) is 11.8 Å². The lowest BCUT2D eigenvalue weighted by Gasteiger charge is -2.27. The predicted molar refractivity (Wildman–Crippen MR) is 214 cm³/mol. The van der Waals surface area contributed by atoms with Gasteiger partial charge in [-0.05, 0) is 71.0 Å². The topological polar surface area (TPSA) is 159 Å². The van der Waals surface area contributed by atoms with Crippen molar-refractivity contribution in [1.82, 2.24) is 15.7 Å². The van der Waals surface area contributed by atoms with Crippen LogP contribution in [0.1, 0.15) is 69.6 Å². The lowest BCUT2D eigenvalue weighted by Crippen LogP contribution is -2.55. The summed E-state index contributed by atoms with van der Waals surface area (Å²) in [6.45, 7) is 5.98. The molecule has 0 aliphatic heterocycles. The van der Waals surface area contributed by atoms with Crippen LogP contribution in [0.5, 0.6) is 17.2 Å². The summed E-state index contributed by atoms with van der Waals surface area (Å²) >= 11 is 1.55. The number of carbonyl (C=O) groups excluding carboxylic acids is 4. The maximum Gasteiger partial charge on any atom is 0.247 e. The molecule has 1 heterocycles. The van der Waals surface area contributed by atoms with Crippen LogP contribution in [-0.4, -0.2) is 62.1 Å². The van der Waals surface area contributed by atoms with E-state index in [0.29, 0.717) is 42.1 Å². The van der Waals surface area contributed by atoms with E-state index in [2.05, 4.69) is 10.6 Å². The first-order chi connectivity index (χ1) is 26.5. The number of rotatable bonds is 22. The first kappa shape index (κ1) is 42.6. The third kappa shape index (κ3) is 12.4. The van der Waals surface area contributed by atoms with Gasteiger partial charge >= 0.3 is 0 Å². The third-order valence-corrected chi connectivity index (χ3v) is 10.3. The number of methoxy groups -OCH3 is 3. The van der Waals surface area contributed by atoms with Crippen LogP contribution in [0.3, 0.4) is 0 Å². The number of hydroxylamine groups is 2. The van der Waals surface area contributed by atoms with Crippen LogP contribution in [0.25, 0.3) is 10.1 Å². The monoisotopic (exact) mass is 774 g/mol. The summed E-state index contributed by atoms with van der Waals surface area (Å²) in [6.07, 6.45) is 2.21. The van der Waals surface area contributed by atoms with Crippen molar-refractivity contribution in [1.29, 1.82) is 0 Å². The number of carbonyl (C=O) groups is 4. The standard InChI is InChI=1S/C42H54N4O8S/c1-7-8-11-29(22-39(47)46(54-25-28-14-17-32(51-4)18-15-28)24-30-16-19-33(52-5)23-37(30)53-6)41(49)45-36(42(50)44-35(40(43)48)20-27(2)3)21-31-26-55-38-13-10-9-12-34(31)38/h9-10,12-19,23,26-27,29,35-36H,7-8,11,20-22,24-25H2,1-6H3,(H2,43,48)(H,44,50)(H,45,49)/t29-,35+,36+/m1/s1. The minimum absolute atomic E-state index is 0.0326. The van der Waals surface area contributed by atoms with E-state index in [-0.39, 0.29) is 31.9 Å². The first-order valence-electron chi connectivity index (χ1n) is 18.6. The molecule has 0 saturated carbocycles. The molecular weight excluding hydrogens is 721 g/mol. The predicted octanol–water partition coefficient (Wildman–Crippen LogP) is 6.33. The van der Waals surface area contributed by atoms with Gasteiger partial charge in [0.15, 0.2) is 0 Å². The lowest BCUT2D eigenvalue weighted by molar-refractivity contribution is -0.197. The van der Waals surface area contributed by atoms with E-state index in [1.54, 1.807) is 43.8 Å². The van der Waals surface area contributed by atoms with Crippen LogP contribution in [0.15, 0.2) is 72.1 Å². The summed E-state index contributed by atoms with van der Waals surface area (Å²) in [5.41, 5.74) is 8.04. The molecule has 0 unspecified atom stereocenters. The van der Waals surface area contributed by atoms with Gasteiger partial charge in [0.05, 0.1) is 27.9 Å². The first-order valence-corrected chi connectivity index (χ1v) is 19.5. The molecule has 4 aromatic rings. The van der Waals surface area contributed by atoms with E-state index >= 15 is 0 Å². The second kappa shape index (κ2) is 21.1. The van der Waals surface area contributed by atoms with Crippen molar-refractivity contribution >= 4 is 45.1 Å². The number of unbranched alkanes of at least 4 members (excludes halogenated alkanes) is 1. The quantitative estimate of drug-likeness (QED) is 0.0783. The van der Waals surface area contributed by atoms with Crippen LogP contribution in [0.4, 0.5) is 0 Å². The maximum absolute atomic E-state index is 14.2. The number of nitrogens with two attached hydrogens (primary N) is 1. The molecule has 4 rings (SSSR count). The molecule has 296 valence electrons. The fourth-order valence-corrected chi connectivity index (χ4v) is 7.18. The Kier molecular flexibility index (Phi) is 16.3. The van der Waals surface area contributed by atoms with E-state index in [4.69, 9.17) is 24.8 Å². The number of nitrogens with zero attached hydrogens (tertiary/aromatic N) is 1. The molecule has 0 radical (unpaired) electrons. The van der Waals surface area contributed by atoms with Crippen LogP contribution in [0.2, 0.25) is 0 Å². The Hall–Kier alpha value is -5.14. The fraction of sp³-hybridized carbons (Fsp3) is 0.429. The van der Waals surface area contributed by atoms with Gasteiger partial charge in [0, 0.05) is 35.1 Å². The average molecular weight is 775 g/mol. The lowest BCUT2D eigenvalue weighted by atomic mass is 9.95. The zero-order chi connectivity index (χ0) is 39.9. The minimum atomic E-state index is -1.04. The highest BCUT2D eigenvalue weighted by Crippen LogP contribution is 2.29. The number of fused-ring (bicyclic) bond motifs is 1. The van der Waals surface area contributed by atoms with Gasteiger partial charge in [-0.15, -0.1) is 11.3 Å². The number of thiophene rings is 1. The van der Waals surface area contributed by atoms with Gasteiger partial charge in [-0.3, -0.25) is 24.0 Å². The molecule has 0 saturated heterocycles. The molecule has 0 spiro atoms. The Morgan fingerprint density at radius 1 is 0.836 bits per heavy atom. The molecule has 1 aromatic heterocycles. The number of amides is 4. The van der Waals surface area contributed by atoms with Gasteiger partial charge in [-0.25, -0.2) is 5.06 Å². The van der Waals surface area contributed by atoms with Gasteiger partial charge in [0.2, 0.25) is 23.6 Å². The average Bonchev–Trinajstić information content (AvgIpc) is 3.59. The molecular formula is C42H54N4O8S. The van der Waals surface area contributed by atoms with E-state index in [0.717, 1.165) is 27.6 Å². The molecule has 3 atom stereocenters. The molecule has 55 heavy (non-hydrogen) atoms. The van der Waals surface area contributed by atoms with Gasteiger partial charge in [-0.2, -0.15) is 0 Å². The third-order valence-electron chi connectivity index (χ3n) is 9.32. The summed E-state index contributed by atoms with van der Waals surface area (Å²) in [5, 5.41) is 9.96. The zero-order valence-corrected chi connectivity index (χ0v) is 33.4. The minimum Gasteiger partial charge on any atom is -0.497 e. The van der Waals surface area contributed by atoms with Crippen LogP contribution < -0.4 is 30.6 Å². The maximum atomic E-state index is 14.2. The molecule has 12 nitrogen and oxygen atoms in total. The highest BCUT2D eigenvalue weighted by atomic mass is 32.1. The summed E-state index contributed by atoms with van der Waals surface area (Å²) in [7, 11) is 4.68. The number of primary amides is 1. The Morgan fingerprint density at radius 2 is 1.53 bits per heavy atom. The van der Waals surface area contributed by atoms with E-state index in [1.807, 2.05) is 74.7 Å². The SMILES string of the molecule is CCCC[C@H](CC(=O)N(Cc1ccc(OC)cc1OC)OCc1ccc(OC)cc1)C(=O)N[C@@H](Cc1csc2ccccc12)C(=O)N[C@@H](CC(C)C)C(N)=O. The van der Waals surface area contributed by atoms with Crippen molar-refractivity contribution in [3.8, 4) is 17.2 Å². The highest BCUT2D eigenvalue weighted by molar-refractivity contribution is 7.17. The van der Waals surface area contributed by atoms with E-state index in [9.17, 15) is 19.2 Å². The van der Waals surface area contributed by atoms with Gasteiger partial charge in [-0.1, -0.05) is 63.9 Å². The summed E-state index contributed by atoms with van der Waals surface area (Å²) in [4.78, 5) is 60.9. The number of nitrogens with one attached hydrogen (secondary N) is 2. The van der Waals surface area contributed by atoms with Gasteiger partial charge in [0.1, 0.15) is 35.9 Å². The van der Waals surface area contributed by atoms with Crippen molar-refractivity contribution in [2.75, 3.05) is 21.3 Å². The van der Waals surface area contributed by atoms with Gasteiger partial charge in [0.25, 0.3) is 0 Å². The number of benzene rings is 3. The zero-order valence-electron chi connectivity index (χ0n) is 32.6. The smallest absolute Gasteiger partial charge is 0.247 e. The van der Waals surface area contributed by atoms with Crippen molar-refractivity contribution in [3.05, 3.63) is 88.8 Å². The van der Waals surface area contributed by atoms with Crippen molar-refractivity contribution < 1.29 is 38.2 Å². The van der Waals surface area contributed by atoms with Crippen LogP contribution >= 0.6 is 11.3 Å². The molecule has 13 heteroatoms. The van der Waals surface area contributed by atoms with E-state index < -0.39 is 41.6 Å². The molecule has 4 amide bonds. The highest BCUT2D eigenvalue weighted by Gasteiger charge is 2.32. The van der Waals surface area contributed by atoms with Crippen LogP contribution in [-0.2, 0) is 43.6 Å². The normalized spacial score (nSPS) is 12.8.